The number of hydrogen-bond donors (Lipinski definition) is 17. The van der Waals surface area contributed by atoms with Crippen molar-refractivity contribution in [2.75, 3.05) is 39.3 Å². The maximum Gasteiger partial charge on any atom is 0.321 e. The number of ether oxygens (including phenoxy) is 2. The van der Waals surface area contributed by atoms with Gasteiger partial charge in [-0.3, -0.25) is 57.5 Å². The summed E-state index contributed by atoms with van der Waals surface area (Å²) in [7, 11) is 0. The number of hydrogen-bond acceptors (Lipinski definition) is 21. The lowest BCUT2D eigenvalue weighted by Crippen LogP contribution is -2.61. The van der Waals surface area contributed by atoms with Gasteiger partial charge in [0.2, 0.25) is 53.2 Å². The van der Waals surface area contributed by atoms with E-state index in [0.717, 1.165) is 26.2 Å². The second-order valence-electron chi connectivity index (χ2n) is 22.4. The Morgan fingerprint density at radius 3 is 1.69 bits per heavy atom. The molecule has 0 spiro atoms. The number of nitrogens with two attached hydrogens (primary N) is 5. The molecule has 10 amide bonds. The number of unbranched alkanes of at least 4 members (excludes halogenated alkanes) is 2. The first-order chi connectivity index (χ1) is 41.8. The van der Waals surface area contributed by atoms with E-state index in [0.29, 0.717) is 12.0 Å². The zero-order valence-electron chi connectivity index (χ0n) is 51.0. The van der Waals surface area contributed by atoms with Crippen molar-refractivity contribution in [3.05, 3.63) is 35.9 Å². The second kappa shape index (κ2) is 38.8. The van der Waals surface area contributed by atoms with E-state index < -0.39 is 169 Å². The van der Waals surface area contributed by atoms with E-state index in [9.17, 15) is 67.7 Å². The van der Waals surface area contributed by atoms with Crippen LogP contribution in [-0.2, 0) is 73.4 Å². The van der Waals surface area contributed by atoms with Gasteiger partial charge in [-0.25, -0.2) is 0 Å². The molecule has 22 N–H and O–H groups in total. The van der Waals surface area contributed by atoms with Gasteiger partial charge in [-0.15, -0.1) is 0 Å². The lowest BCUT2D eigenvalue weighted by Gasteiger charge is -2.29. The highest BCUT2D eigenvalue weighted by Crippen LogP contribution is 2.27. The van der Waals surface area contributed by atoms with Gasteiger partial charge in [0, 0.05) is 25.8 Å². The van der Waals surface area contributed by atoms with Crippen LogP contribution in [0.5, 0.6) is 0 Å². The Morgan fingerprint density at radius 2 is 1.16 bits per heavy atom. The molecule has 2 heterocycles. The molecule has 2 aliphatic rings. The summed E-state index contributed by atoms with van der Waals surface area (Å²) >= 11 is 0. The monoisotopic (exact) mass is 1250 g/mol. The molecule has 2 fully saturated rings. The Balaban J connectivity index is 2.06. The summed E-state index contributed by atoms with van der Waals surface area (Å²) in [4.78, 5) is 167. The molecular weight excluding hydrogens is 1150 g/mol. The third-order valence-corrected chi connectivity index (χ3v) is 14.6. The Morgan fingerprint density at radius 1 is 0.625 bits per heavy atom. The van der Waals surface area contributed by atoms with Crippen LogP contribution in [0.25, 0.3) is 0 Å². The average molecular weight is 1250 g/mol. The van der Waals surface area contributed by atoms with Crippen molar-refractivity contribution in [3.63, 3.8) is 0 Å². The first-order valence-electron chi connectivity index (χ1n) is 30.1. The zero-order chi connectivity index (χ0) is 65.6. The Labute approximate surface area is 512 Å². The van der Waals surface area contributed by atoms with Gasteiger partial charge in [-0.05, 0) is 109 Å². The fourth-order valence-electron chi connectivity index (χ4n) is 9.69. The highest BCUT2D eigenvalue weighted by Gasteiger charge is 2.43. The molecule has 0 radical (unpaired) electrons. The lowest BCUT2D eigenvalue weighted by molar-refractivity contribution is -0.164. The molecule has 2 aliphatic heterocycles. The number of rotatable bonds is 28. The van der Waals surface area contributed by atoms with Crippen LogP contribution >= 0.6 is 0 Å². The van der Waals surface area contributed by atoms with E-state index >= 15 is 0 Å². The third-order valence-electron chi connectivity index (χ3n) is 14.6. The molecule has 1 aromatic carbocycles. The first kappa shape index (κ1) is 74.8. The fourth-order valence-corrected chi connectivity index (χ4v) is 9.69. The number of benzene rings is 1. The van der Waals surface area contributed by atoms with E-state index in [2.05, 4.69) is 53.2 Å². The summed E-state index contributed by atoms with van der Waals surface area (Å²) in [6.07, 6.45) is -4.10. The van der Waals surface area contributed by atoms with Gasteiger partial charge in [0.15, 0.2) is 12.0 Å². The van der Waals surface area contributed by atoms with Crippen molar-refractivity contribution >= 4 is 71.0 Å². The molecule has 14 atom stereocenters. The number of amides is 10. The van der Waals surface area contributed by atoms with Crippen molar-refractivity contribution in [1.29, 1.82) is 0 Å². The summed E-state index contributed by atoms with van der Waals surface area (Å²) in [5.74, 6) is -13.3. The molecule has 0 saturated carbocycles. The minimum absolute atomic E-state index is 0.0276. The van der Waals surface area contributed by atoms with Crippen LogP contribution in [-0.4, -0.2) is 199 Å². The quantitative estimate of drug-likeness (QED) is 0.0211. The Bertz CT molecular complexity index is 2490. The van der Waals surface area contributed by atoms with Gasteiger partial charge in [0.1, 0.15) is 60.5 Å². The molecule has 3 unspecified atom stereocenters. The standard InChI is InChI=1S/C57H95N15O16/c1-6-7-9-14-34-29-35(56(85)87-34)57(86)88-43(19-25-62)53(82)72-45(32(5)74)55(84)68-38(17-23-60)47(76)67-40-20-26-63-54(83)44(31(4)73)71-50(79)39(18-24-61)65-46(75)36(15-21-58)66-51(80)41(27-30(2)3)69-52(81)42(28-33-12-10-8-11-13-33)70-48(77)37(16-22-59)64-49(40)78/h8,10-13,30-32,34-45,73-74H,6-7,9,14-29,58-62H2,1-5H3,(H,63,83)(H,64,78)(H,65,75)(H,66,80)(H,67,76)(H,68,84)(H,69,81)(H,70,77)(H,71,79)(H,72,82)/t31-,32?,34?,35?,36-,37-,38-,39-,40-,41-,42+,43-,44-,45-/m0/s1. The minimum atomic E-state index is -1.83. The highest BCUT2D eigenvalue weighted by atomic mass is 16.6. The van der Waals surface area contributed by atoms with E-state index in [1.54, 1.807) is 44.2 Å². The molecule has 0 aliphatic carbocycles. The maximum absolute atomic E-state index is 14.6. The van der Waals surface area contributed by atoms with Crippen molar-refractivity contribution in [2.45, 2.75) is 197 Å². The number of carbonyl (C=O) groups excluding carboxylic acids is 12. The number of nitrogens with one attached hydrogen (secondary N) is 10. The van der Waals surface area contributed by atoms with Crippen LogP contribution < -0.4 is 81.8 Å². The van der Waals surface area contributed by atoms with E-state index in [4.69, 9.17) is 38.1 Å². The van der Waals surface area contributed by atoms with Crippen molar-refractivity contribution in [1.82, 2.24) is 53.2 Å². The molecule has 31 nitrogen and oxygen atoms in total. The number of cyclic esters (lactones) is 1. The third kappa shape index (κ3) is 24.6. The predicted molar refractivity (Wildman–Crippen MR) is 318 cm³/mol. The number of esters is 2. The van der Waals surface area contributed by atoms with Gasteiger partial charge in [0.25, 0.3) is 5.91 Å². The topological polar surface area (TPSA) is 514 Å². The van der Waals surface area contributed by atoms with Crippen LogP contribution in [0, 0.1) is 11.8 Å². The summed E-state index contributed by atoms with van der Waals surface area (Å²) in [6, 6.07) is -5.47. The van der Waals surface area contributed by atoms with Gasteiger partial charge in [-0.2, -0.15) is 0 Å². The molecule has 31 heteroatoms. The summed E-state index contributed by atoms with van der Waals surface area (Å²) in [5.41, 5.74) is 29.9. The fraction of sp³-hybridized carbons (Fsp3) is 0.684. The molecule has 3 rings (SSSR count). The highest BCUT2D eigenvalue weighted by molar-refractivity contribution is 6.00. The summed E-state index contributed by atoms with van der Waals surface area (Å²) < 4.78 is 10.8. The number of carbonyl (C=O) groups is 12. The summed E-state index contributed by atoms with van der Waals surface area (Å²) in [6.45, 7) is 6.42. The molecule has 88 heavy (non-hydrogen) atoms. The molecular formula is C57H95N15O16. The molecule has 1 aromatic rings. The SMILES string of the molecule is CCCCCC1CC(C(=O)O[C@@H](CCN)C(=O)N[C@H](C(=O)N[C@@H](CCN)C(=O)N[C@H]2CCNC(=O)[C@H]([C@H](C)O)NC(=O)[C@H](CCN)NC(=O)[C@H](CCN)NC(=O)[C@H](CC(C)C)NC(=O)[C@@H](Cc3ccccc3)NC(=O)[C@H](CCN)NC2=O)C(C)O)C(=O)O1. The van der Waals surface area contributed by atoms with Crippen LogP contribution in [0.4, 0.5) is 0 Å². The van der Waals surface area contributed by atoms with Crippen LogP contribution in [0.15, 0.2) is 30.3 Å². The normalized spacial score (nSPS) is 24.7. The van der Waals surface area contributed by atoms with Gasteiger partial charge in [0.05, 0.1) is 12.2 Å². The van der Waals surface area contributed by atoms with Crippen LogP contribution in [0.3, 0.4) is 0 Å². The van der Waals surface area contributed by atoms with Crippen molar-refractivity contribution < 1.29 is 77.2 Å². The smallest absolute Gasteiger partial charge is 0.321 e. The second-order valence-corrected chi connectivity index (χ2v) is 22.4. The van der Waals surface area contributed by atoms with Gasteiger partial charge < -0.3 is 102 Å². The van der Waals surface area contributed by atoms with E-state index in [1.165, 1.54) is 6.92 Å². The minimum Gasteiger partial charge on any atom is -0.462 e. The lowest BCUT2D eigenvalue weighted by atomic mass is 10.00. The van der Waals surface area contributed by atoms with Crippen LogP contribution in [0.1, 0.15) is 117 Å². The first-order valence-corrected chi connectivity index (χ1v) is 30.1. The van der Waals surface area contributed by atoms with E-state index in [1.807, 2.05) is 6.92 Å². The molecule has 0 bridgehead atoms. The summed E-state index contributed by atoms with van der Waals surface area (Å²) in [5, 5.41) is 46.8. The number of aliphatic hydroxyl groups is 2. The number of aliphatic hydroxyl groups excluding tert-OH is 2. The largest absolute Gasteiger partial charge is 0.462 e. The van der Waals surface area contributed by atoms with Crippen LogP contribution in [0.2, 0.25) is 0 Å². The van der Waals surface area contributed by atoms with Crippen molar-refractivity contribution in [2.24, 2.45) is 40.5 Å². The molecule has 0 aromatic heterocycles. The Kier molecular flexibility index (Phi) is 33.0. The molecule has 494 valence electrons. The van der Waals surface area contributed by atoms with Gasteiger partial charge in [-0.1, -0.05) is 63.9 Å². The van der Waals surface area contributed by atoms with Crippen molar-refractivity contribution in [3.8, 4) is 0 Å². The van der Waals surface area contributed by atoms with E-state index in [-0.39, 0.29) is 90.0 Å². The predicted octanol–water partition coefficient (Wildman–Crippen LogP) is -5.91. The van der Waals surface area contributed by atoms with Gasteiger partial charge >= 0.3 is 11.9 Å². The Hall–Kier alpha value is -7.42. The maximum atomic E-state index is 14.6. The zero-order valence-corrected chi connectivity index (χ0v) is 51.0. The average Bonchev–Trinajstić information content (AvgIpc) is 3.70. The molecule has 2 saturated heterocycles.